The average Bonchev–Trinajstić information content (AvgIpc) is 2.50. The van der Waals surface area contributed by atoms with Crippen molar-refractivity contribution in [1.29, 1.82) is 0 Å². The second-order valence-electron chi connectivity index (χ2n) is 6.42. The maximum Gasteiger partial charge on any atom is 0.0836 e. The molecule has 127 valence electrons. The first-order valence-corrected chi connectivity index (χ1v) is 9.85. The molecule has 0 atom stereocenters. The van der Waals surface area contributed by atoms with Crippen LogP contribution in [0.25, 0.3) is 0 Å². The minimum Gasteiger partial charge on any atom is -0.376 e. The third-order valence-electron chi connectivity index (χ3n) is 4.16. The second kappa shape index (κ2) is 20.0. The minimum absolute atomic E-state index is 0.932. The lowest BCUT2D eigenvalue weighted by molar-refractivity contribution is 0.184. The molecule has 0 saturated carbocycles. The molecule has 1 nitrogen and oxygen atoms in total. The summed E-state index contributed by atoms with van der Waals surface area (Å²) in [6.07, 6.45) is 22.0. The fourth-order valence-electron chi connectivity index (χ4n) is 2.66. The van der Waals surface area contributed by atoms with Crippen LogP contribution in [0.5, 0.6) is 0 Å². The van der Waals surface area contributed by atoms with Gasteiger partial charge in [0.1, 0.15) is 0 Å². The molecule has 0 bridgehead atoms. The molecule has 0 N–H and O–H groups in total. The Morgan fingerprint density at radius 1 is 0.524 bits per heavy atom. The summed E-state index contributed by atoms with van der Waals surface area (Å²) in [7, 11) is 0. The lowest BCUT2D eigenvalue weighted by Gasteiger charge is -2.04. The first kappa shape index (κ1) is 21.0. The van der Waals surface area contributed by atoms with Crippen LogP contribution in [0.2, 0.25) is 0 Å². The molecule has 1 heteroatoms. The molecule has 1 radical (unpaired) electrons. The standard InChI is InChI=1S/C20H41O/c1-3-5-7-8-9-10-11-12-13-14-15-16-18-20-21-19-17-6-4-2/h19H,3-18,20H2,1-2H3. The molecule has 0 aromatic rings. The summed E-state index contributed by atoms with van der Waals surface area (Å²) in [5, 5.41) is 0. The van der Waals surface area contributed by atoms with Crippen LogP contribution in [0.15, 0.2) is 0 Å². The van der Waals surface area contributed by atoms with E-state index < -0.39 is 0 Å². The van der Waals surface area contributed by atoms with Gasteiger partial charge < -0.3 is 4.74 Å². The SMILES string of the molecule is CCCC[CH]OCCCCCCCCCCCCCCC. The van der Waals surface area contributed by atoms with Crippen LogP contribution in [-0.2, 0) is 4.74 Å². The van der Waals surface area contributed by atoms with E-state index in [1.54, 1.807) is 0 Å². The van der Waals surface area contributed by atoms with Crippen LogP contribution in [0.3, 0.4) is 0 Å². The van der Waals surface area contributed by atoms with E-state index in [4.69, 9.17) is 4.74 Å². The highest BCUT2D eigenvalue weighted by Crippen LogP contribution is 2.12. The Bertz CT molecular complexity index is 149. The van der Waals surface area contributed by atoms with E-state index in [1.807, 2.05) is 6.61 Å². The molecule has 0 fully saturated rings. The summed E-state index contributed by atoms with van der Waals surface area (Å²) >= 11 is 0. The molecule has 0 aliphatic heterocycles. The van der Waals surface area contributed by atoms with Crippen molar-refractivity contribution in [2.45, 2.75) is 117 Å². The molecule has 0 aliphatic carbocycles. The first-order valence-electron chi connectivity index (χ1n) is 9.85. The van der Waals surface area contributed by atoms with Gasteiger partial charge in [-0.3, -0.25) is 0 Å². The van der Waals surface area contributed by atoms with Crippen molar-refractivity contribution in [3.05, 3.63) is 6.61 Å². The number of hydrogen-bond donors (Lipinski definition) is 0. The lowest BCUT2D eigenvalue weighted by atomic mass is 10.0. The quantitative estimate of drug-likeness (QED) is 0.239. The fourth-order valence-corrected chi connectivity index (χ4v) is 2.66. The lowest BCUT2D eigenvalue weighted by Crippen LogP contribution is -1.92. The zero-order valence-corrected chi connectivity index (χ0v) is 15.0. The summed E-state index contributed by atoms with van der Waals surface area (Å²) in [6, 6.07) is 0. The van der Waals surface area contributed by atoms with Crippen molar-refractivity contribution in [2.24, 2.45) is 0 Å². The van der Waals surface area contributed by atoms with E-state index in [1.165, 1.54) is 96.3 Å². The number of hydrogen-bond acceptors (Lipinski definition) is 1. The predicted octanol–water partition coefficient (Wildman–Crippen LogP) is 7.45. The van der Waals surface area contributed by atoms with Gasteiger partial charge in [-0.25, -0.2) is 0 Å². The van der Waals surface area contributed by atoms with Crippen molar-refractivity contribution < 1.29 is 4.74 Å². The van der Waals surface area contributed by atoms with Crippen molar-refractivity contribution in [3.63, 3.8) is 0 Å². The largest absolute Gasteiger partial charge is 0.376 e. The second-order valence-corrected chi connectivity index (χ2v) is 6.42. The van der Waals surface area contributed by atoms with Gasteiger partial charge >= 0.3 is 0 Å². The topological polar surface area (TPSA) is 9.23 Å². The van der Waals surface area contributed by atoms with Crippen LogP contribution < -0.4 is 0 Å². The van der Waals surface area contributed by atoms with E-state index in [0.717, 1.165) is 13.0 Å². The molecule has 0 aromatic carbocycles. The molecular formula is C20H41O. The van der Waals surface area contributed by atoms with E-state index in [-0.39, 0.29) is 0 Å². The number of unbranched alkanes of at least 4 members (excludes halogenated alkanes) is 14. The molecule has 0 heterocycles. The molecule has 0 unspecified atom stereocenters. The van der Waals surface area contributed by atoms with Gasteiger partial charge in [0.15, 0.2) is 0 Å². The van der Waals surface area contributed by atoms with Crippen LogP contribution in [0.4, 0.5) is 0 Å². The average molecular weight is 298 g/mol. The normalized spacial score (nSPS) is 11.1. The van der Waals surface area contributed by atoms with E-state index in [9.17, 15) is 0 Å². The Balaban J connectivity index is 2.90. The Morgan fingerprint density at radius 2 is 0.952 bits per heavy atom. The predicted molar refractivity (Wildman–Crippen MR) is 95.5 cm³/mol. The Labute approximate surface area is 135 Å². The molecular weight excluding hydrogens is 256 g/mol. The highest BCUT2D eigenvalue weighted by Gasteiger charge is 1.94. The maximum atomic E-state index is 5.51. The van der Waals surface area contributed by atoms with E-state index in [2.05, 4.69) is 13.8 Å². The zero-order chi connectivity index (χ0) is 15.4. The molecule has 0 aromatic heterocycles. The molecule has 0 rings (SSSR count). The summed E-state index contributed by atoms with van der Waals surface area (Å²) in [5.74, 6) is 0. The van der Waals surface area contributed by atoms with Crippen molar-refractivity contribution >= 4 is 0 Å². The van der Waals surface area contributed by atoms with Gasteiger partial charge in [-0.05, 0) is 12.8 Å². The van der Waals surface area contributed by atoms with Crippen molar-refractivity contribution in [2.75, 3.05) is 6.61 Å². The first-order chi connectivity index (χ1) is 10.4. The molecule has 0 aliphatic rings. The number of ether oxygens (including phenoxy) is 1. The molecule has 0 amide bonds. The monoisotopic (exact) mass is 297 g/mol. The van der Waals surface area contributed by atoms with Crippen LogP contribution >= 0.6 is 0 Å². The number of rotatable bonds is 18. The van der Waals surface area contributed by atoms with Crippen molar-refractivity contribution in [3.8, 4) is 0 Å². The summed E-state index contributed by atoms with van der Waals surface area (Å²) in [6.45, 7) is 7.45. The van der Waals surface area contributed by atoms with Crippen LogP contribution in [-0.4, -0.2) is 6.61 Å². The van der Waals surface area contributed by atoms with Gasteiger partial charge in [0.2, 0.25) is 0 Å². The molecule has 0 spiro atoms. The van der Waals surface area contributed by atoms with Gasteiger partial charge in [-0.1, -0.05) is 104 Å². The highest BCUT2D eigenvalue weighted by molar-refractivity contribution is 4.52. The highest BCUT2D eigenvalue weighted by atomic mass is 16.5. The van der Waals surface area contributed by atoms with Gasteiger partial charge in [-0.15, -0.1) is 0 Å². The van der Waals surface area contributed by atoms with Gasteiger partial charge in [-0.2, -0.15) is 0 Å². The molecule has 0 saturated heterocycles. The zero-order valence-electron chi connectivity index (χ0n) is 15.0. The van der Waals surface area contributed by atoms with Gasteiger partial charge in [0.25, 0.3) is 0 Å². The van der Waals surface area contributed by atoms with Crippen LogP contribution in [0.1, 0.15) is 117 Å². The minimum atomic E-state index is 0.932. The maximum absolute atomic E-state index is 5.51. The van der Waals surface area contributed by atoms with Crippen LogP contribution in [0, 0.1) is 6.61 Å². The Hall–Kier alpha value is -0.0400. The Kier molecular flexibility index (Phi) is 19.9. The summed E-state index contributed by atoms with van der Waals surface area (Å²) in [4.78, 5) is 0. The van der Waals surface area contributed by atoms with Gasteiger partial charge in [0.05, 0.1) is 6.61 Å². The third kappa shape index (κ3) is 20.0. The third-order valence-corrected chi connectivity index (χ3v) is 4.16. The van der Waals surface area contributed by atoms with Gasteiger partial charge in [0, 0.05) is 6.61 Å². The molecule has 21 heavy (non-hydrogen) atoms. The van der Waals surface area contributed by atoms with Crippen molar-refractivity contribution in [1.82, 2.24) is 0 Å². The Morgan fingerprint density at radius 3 is 1.43 bits per heavy atom. The fraction of sp³-hybridized carbons (Fsp3) is 0.950. The summed E-state index contributed by atoms with van der Waals surface area (Å²) in [5.41, 5.74) is 0. The summed E-state index contributed by atoms with van der Waals surface area (Å²) < 4.78 is 5.51. The smallest absolute Gasteiger partial charge is 0.0836 e. The van der Waals surface area contributed by atoms with E-state index in [0.29, 0.717) is 0 Å². The van der Waals surface area contributed by atoms with E-state index >= 15 is 0 Å².